The van der Waals surface area contributed by atoms with E-state index >= 15 is 4.39 Å². The molecule has 3 rings (SSSR count). The number of thiazole rings is 1. The summed E-state index contributed by atoms with van der Waals surface area (Å²) in [5, 5.41) is 10.0. The molecule has 1 aromatic heterocycles. The fraction of sp³-hybridized carbons (Fsp3) is 0.450. The largest absolute Gasteiger partial charge is 0.465 e. The number of aromatic nitrogens is 1. The fourth-order valence-electron chi connectivity index (χ4n) is 3.44. The van der Waals surface area contributed by atoms with Crippen molar-refractivity contribution in [3.8, 4) is 0 Å². The van der Waals surface area contributed by atoms with Gasteiger partial charge in [-0.2, -0.15) is 0 Å². The maximum atomic E-state index is 15.4. The van der Waals surface area contributed by atoms with E-state index in [9.17, 15) is 18.0 Å². The molecule has 0 bridgehead atoms. The second-order valence-electron chi connectivity index (χ2n) is 8.59. The molecule has 14 heteroatoms. The normalized spacial score (nSPS) is 16.4. The van der Waals surface area contributed by atoms with Crippen molar-refractivity contribution in [2.45, 2.75) is 43.7 Å². The van der Waals surface area contributed by atoms with Crippen LogP contribution < -0.4 is 9.21 Å². The summed E-state index contributed by atoms with van der Waals surface area (Å²) in [6, 6.07) is 2.05. The zero-order valence-electron chi connectivity index (χ0n) is 18.9. The number of carbonyl (C=O) groups is 2. The Morgan fingerprint density at radius 1 is 1.35 bits per heavy atom. The topological polar surface area (TPSA) is 120 Å². The van der Waals surface area contributed by atoms with Gasteiger partial charge >= 0.3 is 12.2 Å². The first kappa shape index (κ1) is 26.0. The van der Waals surface area contributed by atoms with Gasteiger partial charge in [0.1, 0.15) is 15.5 Å². The monoisotopic (exact) mass is 534 g/mol. The number of nitrogens with zero attached hydrogens (tertiary/aromatic N) is 4. The van der Waals surface area contributed by atoms with Crippen molar-refractivity contribution in [1.29, 1.82) is 0 Å². The molecule has 1 fully saturated rings. The van der Waals surface area contributed by atoms with Crippen LogP contribution in [0, 0.1) is 5.82 Å². The standard InChI is InChI=1S/C20H24ClFN4O6S2/c1-20(2,3)32-19(29)26(15-10-33-11-23-15)34(30,31)14-6-5-13(16(21)17(14)22)24(4)12-7-8-25(9-12)18(27)28/h5-6,10-12H,7-9H2,1-4H3,(H,27,28). The SMILES string of the molecule is CN(c1ccc(S(=O)(=O)N(C(=O)OC(C)(C)C)c2cscn2)c(F)c1Cl)C1CCN(C(=O)O)C1. The lowest BCUT2D eigenvalue weighted by molar-refractivity contribution is 0.0608. The number of hydrogen-bond acceptors (Lipinski definition) is 8. The molecular formula is C20H24ClFN4O6S2. The Kier molecular flexibility index (Phi) is 7.29. The Labute approximate surface area is 205 Å². The molecule has 1 aliphatic rings. The smallest absolute Gasteiger partial charge is 0.430 e. The molecule has 1 aromatic carbocycles. The van der Waals surface area contributed by atoms with Crippen LogP contribution in [0.1, 0.15) is 27.2 Å². The molecule has 1 aliphatic heterocycles. The van der Waals surface area contributed by atoms with E-state index in [0.29, 0.717) is 17.3 Å². The number of hydrogen-bond donors (Lipinski definition) is 1. The second-order valence-corrected chi connectivity index (χ2v) is 11.4. The predicted octanol–water partition coefficient (Wildman–Crippen LogP) is 4.25. The van der Waals surface area contributed by atoms with Gasteiger partial charge in [-0.05, 0) is 39.3 Å². The summed E-state index contributed by atoms with van der Waals surface area (Å²) < 4.78 is 47.7. The second kappa shape index (κ2) is 9.55. The summed E-state index contributed by atoms with van der Waals surface area (Å²) in [7, 11) is -3.17. The first-order valence-electron chi connectivity index (χ1n) is 10.1. The molecule has 2 heterocycles. The molecule has 1 atom stereocenters. The summed E-state index contributed by atoms with van der Waals surface area (Å²) in [4.78, 5) is 29.9. The molecule has 1 N–H and O–H groups in total. The lowest BCUT2D eigenvalue weighted by Crippen LogP contribution is -2.41. The molecule has 1 saturated heterocycles. The number of anilines is 2. The number of likely N-dealkylation sites (N-methyl/N-ethyl adjacent to an activating group) is 1. The third-order valence-corrected chi connectivity index (χ3v) is 7.71. The van der Waals surface area contributed by atoms with E-state index in [4.69, 9.17) is 21.4 Å². The van der Waals surface area contributed by atoms with Crippen LogP contribution in [0.15, 0.2) is 27.9 Å². The van der Waals surface area contributed by atoms with Crippen LogP contribution in [-0.4, -0.2) is 67.4 Å². The fourth-order valence-corrected chi connectivity index (χ4v) is 5.73. The molecule has 0 aliphatic carbocycles. The van der Waals surface area contributed by atoms with Gasteiger partial charge in [0.25, 0.3) is 10.0 Å². The van der Waals surface area contributed by atoms with Gasteiger partial charge in [0.05, 0.1) is 11.2 Å². The van der Waals surface area contributed by atoms with Crippen molar-refractivity contribution < 1.29 is 32.2 Å². The molecule has 2 aromatic rings. The van der Waals surface area contributed by atoms with Crippen LogP contribution in [0.2, 0.25) is 5.02 Å². The van der Waals surface area contributed by atoms with E-state index in [0.717, 1.165) is 17.4 Å². The summed E-state index contributed by atoms with van der Waals surface area (Å²) in [6.07, 6.45) is -1.80. The summed E-state index contributed by atoms with van der Waals surface area (Å²) in [5.74, 6) is -1.49. The van der Waals surface area contributed by atoms with Gasteiger partial charge in [-0.1, -0.05) is 11.6 Å². The number of ether oxygens (including phenoxy) is 1. The molecule has 0 radical (unpaired) electrons. The highest BCUT2D eigenvalue weighted by Crippen LogP contribution is 2.36. The molecule has 34 heavy (non-hydrogen) atoms. The molecule has 10 nitrogen and oxygen atoms in total. The van der Waals surface area contributed by atoms with Gasteiger partial charge in [-0.15, -0.1) is 15.6 Å². The molecule has 1 unspecified atom stereocenters. The number of carboxylic acid groups (broad SMARTS) is 1. The van der Waals surface area contributed by atoms with Crippen molar-refractivity contribution in [2.75, 3.05) is 29.3 Å². The van der Waals surface area contributed by atoms with E-state index in [1.165, 1.54) is 21.9 Å². The quantitative estimate of drug-likeness (QED) is 0.604. The average Bonchev–Trinajstić information content (AvgIpc) is 3.40. The molecule has 0 spiro atoms. The van der Waals surface area contributed by atoms with Crippen LogP contribution in [0.3, 0.4) is 0 Å². The molecule has 2 amide bonds. The Bertz CT molecular complexity index is 1190. The first-order chi connectivity index (χ1) is 15.7. The number of likely N-dealkylation sites (tertiary alicyclic amines) is 1. The third-order valence-electron chi connectivity index (χ3n) is 5.09. The van der Waals surface area contributed by atoms with Crippen molar-refractivity contribution >= 4 is 56.7 Å². The van der Waals surface area contributed by atoms with E-state index in [1.807, 2.05) is 0 Å². The predicted molar refractivity (Wildman–Crippen MR) is 126 cm³/mol. The summed E-state index contributed by atoms with van der Waals surface area (Å²) in [6.45, 7) is 5.20. The number of sulfonamides is 1. The van der Waals surface area contributed by atoms with Crippen LogP contribution in [0.5, 0.6) is 0 Å². The van der Waals surface area contributed by atoms with Gasteiger partial charge in [-0.3, -0.25) is 0 Å². The van der Waals surface area contributed by atoms with Gasteiger partial charge in [0.2, 0.25) is 0 Å². The zero-order valence-corrected chi connectivity index (χ0v) is 21.2. The Morgan fingerprint density at radius 3 is 2.56 bits per heavy atom. The summed E-state index contributed by atoms with van der Waals surface area (Å²) in [5.41, 5.74) is 0.494. The van der Waals surface area contributed by atoms with E-state index < -0.39 is 43.5 Å². The van der Waals surface area contributed by atoms with E-state index in [1.54, 1.807) is 32.7 Å². The minimum Gasteiger partial charge on any atom is -0.465 e. The third kappa shape index (κ3) is 5.20. The van der Waals surface area contributed by atoms with Gasteiger partial charge < -0.3 is 19.6 Å². The van der Waals surface area contributed by atoms with Gasteiger partial charge in [0.15, 0.2) is 11.6 Å². The Balaban J connectivity index is 1.99. The molecule has 0 saturated carbocycles. The summed E-state index contributed by atoms with van der Waals surface area (Å²) >= 11 is 7.28. The highest BCUT2D eigenvalue weighted by atomic mass is 35.5. The number of carbonyl (C=O) groups excluding carboxylic acids is 1. The van der Waals surface area contributed by atoms with Crippen molar-refractivity contribution in [2.24, 2.45) is 0 Å². The zero-order chi connectivity index (χ0) is 25.4. The number of amides is 2. The van der Waals surface area contributed by atoms with Gasteiger partial charge in [0, 0.05) is 31.6 Å². The molecule has 186 valence electrons. The minimum absolute atomic E-state index is 0.188. The lowest BCUT2D eigenvalue weighted by atomic mass is 10.2. The maximum absolute atomic E-state index is 15.4. The number of halogens is 2. The number of rotatable bonds is 5. The van der Waals surface area contributed by atoms with Crippen molar-refractivity contribution in [1.82, 2.24) is 9.88 Å². The Hall–Kier alpha value is -2.64. The minimum atomic E-state index is -4.79. The van der Waals surface area contributed by atoms with Crippen LogP contribution >= 0.6 is 22.9 Å². The van der Waals surface area contributed by atoms with Crippen LogP contribution in [-0.2, 0) is 14.8 Å². The van der Waals surface area contributed by atoms with Crippen molar-refractivity contribution in [3.63, 3.8) is 0 Å². The molecular weight excluding hydrogens is 511 g/mol. The lowest BCUT2D eigenvalue weighted by Gasteiger charge is -2.28. The van der Waals surface area contributed by atoms with E-state index in [-0.39, 0.29) is 24.1 Å². The Morgan fingerprint density at radius 2 is 2.03 bits per heavy atom. The van der Waals surface area contributed by atoms with Crippen LogP contribution in [0.25, 0.3) is 0 Å². The highest BCUT2D eigenvalue weighted by molar-refractivity contribution is 7.93. The first-order valence-corrected chi connectivity index (χ1v) is 12.9. The van der Waals surface area contributed by atoms with Crippen LogP contribution in [0.4, 0.5) is 25.5 Å². The maximum Gasteiger partial charge on any atom is 0.430 e. The van der Waals surface area contributed by atoms with Gasteiger partial charge in [-0.25, -0.2) is 27.4 Å². The number of benzene rings is 1. The van der Waals surface area contributed by atoms with E-state index in [2.05, 4.69) is 4.98 Å². The highest BCUT2D eigenvalue weighted by Gasteiger charge is 2.39. The average molecular weight is 535 g/mol. The van der Waals surface area contributed by atoms with Crippen molar-refractivity contribution in [3.05, 3.63) is 33.9 Å².